The standard InChI is InChI=1S/C17H26N4O3/c22-14-9-21(2-1-18-14)10-15(23)19-16(24)20-17-6-11-3-12(7-17)5-13(4-11)8-17/h11-13H,1-10H2,(H,18,22)(H2,19,20,23,24)/p+1. The maximum absolute atomic E-state index is 12.3. The molecule has 4 saturated carbocycles. The van der Waals surface area contributed by atoms with Crippen molar-refractivity contribution >= 4 is 17.8 Å². The average molecular weight is 335 g/mol. The van der Waals surface area contributed by atoms with Crippen molar-refractivity contribution in [2.45, 2.75) is 44.1 Å². The lowest BCUT2D eigenvalue weighted by Crippen LogP contribution is -3.16. The number of hydrogen-bond acceptors (Lipinski definition) is 3. The number of imide groups is 1. The summed E-state index contributed by atoms with van der Waals surface area (Å²) in [5.41, 5.74) is -0.0863. The van der Waals surface area contributed by atoms with E-state index in [1.807, 2.05) is 0 Å². The Balaban J connectivity index is 1.29. The normalized spacial score (nSPS) is 40.1. The number of hydrogen-bond donors (Lipinski definition) is 4. The quantitative estimate of drug-likeness (QED) is 0.522. The zero-order valence-corrected chi connectivity index (χ0v) is 14.0. The number of rotatable bonds is 3. The van der Waals surface area contributed by atoms with Crippen LogP contribution in [-0.2, 0) is 9.59 Å². The van der Waals surface area contributed by atoms with Crippen LogP contribution in [0.25, 0.3) is 0 Å². The van der Waals surface area contributed by atoms with Crippen LogP contribution in [0.5, 0.6) is 0 Å². The van der Waals surface area contributed by atoms with Gasteiger partial charge in [0.25, 0.3) is 11.8 Å². The summed E-state index contributed by atoms with van der Waals surface area (Å²) in [4.78, 5) is 36.7. The van der Waals surface area contributed by atoms with Crippen LogP contribution in [0.1, 0.15) is 38.5 Å². The van der Waals surface area contributed by atoms with Crippen LogP contribution in [0.2, 0.25) is 0 Å². The van der Waals surface area contributed by atoms with Crippen molar-refractivity contribution in [3.05, 3.63) is 0 Å². The fourth-order valence-corrected chi connectivity index (χ4v) is 5.84. The van der Waals surface area contributed by atoms with E-state index in [1.54, 1.807) is 0 Å². The molecular weight excluding hydrogens is 308 g/mol. The minimum atomic E-state index is -0.359. The average Bonchev–Trinajstić information content (AvgIpc) is 2.44. The minimum Gasteiger partial charge on any atom is -0.346 e. The highest BCUT2D eigenvalue weighted by Crippen LogP contribution is 2.55. The molecule has 24 heavy (non-hydrogen) atoms. The van der Waals surface area contributed by atoms with E-state index >= 15 is 0 Å². The Morgan fingerprint density at radius 3 is 2.33 bits per heavy atom. The van der Waals surface area contributed by atoms with E-state index in [0.717, 1.165) is 48.5 Å². The molecule has 4 N–H and O–H groups in total. The molecule has 5 rings (SSSR count). The van der Waals surface area contributed by atoms with Crippen molar-refractivity contribution in [3.63, 3.8) is 0 Å². The molecule has 0 aromatic heterocycles. The molecule has 1 heterocycles. The first-order chi connectivity index (χ1) is 11.5. The molecular formula is C17H27N4O3+. The molecule has 1 atom stereocenters. The van der Waals surface area contributed by atoms with E-state index in [4.69, 9.17) is 0 Å². The molecule has 4 aliphatic carbocycles. The molecule has 5 fully saturated rings. The van der Waals surface area contributed by atoms with Crippen LogP contribution in [-0.4, -0.2) is 49.6 Å². The molecule has 7 nitrogen and oxygen atoms in total. The summed E-state index contributed by atoms with van der Waals surface area (Å²) >= 11 is 0. The molecule has 1 saturated heterocycles. The van der Waals surface area contributed by atoms with Crippen LogP contribution in [0.4, 0.5) is 4.79 Å². The van der Waals surface area contributed by atoms with Gasteiger partial charge in [0.2, 0.25) is 0 Å². The van der Waals surface area contributed by atoms with E-state index in [-0.39, 0.29) is 29.9 Å². The van der Waals surface area contributed by atoms with Crippen LogP contribution in [0, 0.1) is 17.8 Å². The van der Waals surface area contributed by atoms with Crippen molar-refractivity contribution < 1.29 is 19.3 Å². The molecule has 4 bridgehead atoms. The van der Waals surface area contributed by atoms with Gasteiger partial charge in [-0.2, -0.15) is 0 Å². The van der Waals surface area contributed by atoms with Gasteiger partial charge in [-0.25, -0.2) is 4.79 Å². The lowest BCUT2D eigenvalue weighted by molar-refractivity contribution is -0.885. The Bertz CT molecular complexity index is 527. The van der Waals surface area contributed by atoms with Gasteiger partial charge in [-0.3, -0.25) is 14.9 Å². The second kappa shape index (κ2) is 6.02. The summed E-state index contributed by atoms with van der Waals surface area (Å²) in [6.45, 7) is 1.77. The number of urea groups is 1. The maximum atomic E-state index is 12.3. The Labute approximate surface area is 141 Å². The van der Waals surface area contributed by atoms with Gasteiger partial charge >= 0.3 is 6.03 Å². The number of piperazine rings is 1. The van der Waals surface area contributed by atoms with Crippen molar-refractivity contribution in [3.8, 4) is 0 Å². The van der Waals surface area contributed by atoms with Gasteiger partial charge in [-0.05, 0) is 56.3 Å². The predicted molar refractivity (Wildman–Crippen MR) is 86.2 cm³/mol. The van der Waals surface area contributed by atoms with E-state index < -0.39 is 0 Å². The van der Waals surface area contributed by atoms with Crippen molar-refractivity contribution in [2.75, 3.05) is 26.2 Å². The van der Waals surface area contributed by atoms with E-state index in [0.29, 0.717) is 13.1 Å². The fourth-order valence-electron chi connectivity index (χ4n) is 5.84. The lowest BCUT2D eigenvalue weighted by atomic mass is 9.53. The highest BCUT2D eigenvalue weighted by molar-refractivity contribution is 5.95. The molecule has 1 unspecified atom stereocenters. The SMILES string of the molecule is O=C1C[NH+](CC(=O)NC(=O)NC23CC4CC(CC(C4)C2)C3)CCN1. The summed E-state index contributed by atoms with van der Waals surface area (Å²) in [6, 6.07) is -0.359. The third kappa shape index (κ3) is 3.27. The summed E-state index contributed by atoms with van der Waals surface area (Å²) < 4.78 is 0. The van der Waals surface area contributed by atoms with Gasteiger partial charge in [0.1, 0.15) is 0 Å². The molecule has 4 amide bonds. The lowest BCUT2D eigenvalue weighted by Gasteiger charge is -2.56. The smallest absolute Gasteiger partial charge is 0.322 e. The Kier molecular flexibility index (Phi) is 3.98. The van der Waals surface area contributed by atoms with E-state index in [2.05, 4.69) is 16.0 Å². The first-order valence-corrected chi connectivity index (χ1v) is 9.22. The zero-order valence-electron chi connectivity index (χ0n) is 14.0. The van der Waals surface area contributed by atoms with E-state index in [9.17, 15) is 14.4 Å². The Morgan fingerprint density at radius 2 is 1.75 bits per heavy atom. The molecule has 7 heteroatoms. The highest BCUT2D eigenvalue weighted by Gasteiger charge is 2.51. The van der Waals surface area contributed by atoms with Crippen molar-refractivity contribution in [2.24, 2.45) is 17.8 Å². The summed E-state index contributed by atoms with van der Waals surface area (Å²) in [6.07, 6.45) is 7.17. The number of carbonyl (C=O) groups excluding carboxylic acids is 3. The summed E-state index contributed by atoms with van der Waals surface area (Å²) in [5, 5.41) is 8.36. The third-order valence-electron chi connectivity index (χ3n) is 6.29. The summed E-state index contributed by atoms with van der Waals surface area (Å²) in [7, 11) is 0. The van der Waals surface area contributed by atoms with Crippen LogP contribution in [0.15, 0.2) is 0 Å². The molecule has 0 radical (unpaired) electrons. The Morgan fingerprint density at radius 1 is 1.12 bits per heavy atom. The molecule has 0 aromatic carbocycles. The number of carbonyl (C=O) groups is 3. The van der Waals surface area contributed by atoms with Crippen molar-refractivity contribution in [1.29, 1.82) is 0 Å². The molecule has 0 spiro atoms. The van der Waals surface area contributed by atoms with Gasteiger partial charge in [-0.1, -0.05) is 0 Å². The molecule has 1 aliphatic heterocycles. The van der Waals surface area contributed by atoms with Crippen molar-refractivity contribution in [1.82, 2.24) is 16.0 Å². The van der Waals surface area contributed by atoms with Gasteiger partial charge < -0.3 is 15.5 Å². The molecule has 0 aromatic rings. The molecule has 132 valence electrons. The molecule has 5 aliphatic rings. The van der Waals surface area contributed by atoms with Gasteiger partial charge in [0.05, 0.1) is 13.1 Å². The predicted octanol–water partition coefficient (Wildman–Crippen LogP) is -1.20. The van der Waals surface area contributed by atoms with Crippen LogP contribution >= 0.6 is 0 Å². The van der Waals surface area contributed by atoms with E-state index in [1.165, 1.54) is 19.3 Å². The Hall–Kier alpha value is -1.63. The monoisotopic (exact) mass is 335 g/mol. The number of amides is 4. The van der Waals surface area contributed by atoms with Gasteiger partial charge in [0.15, 0.2) is 13.1 Å². The highest BCUT2D eigenvalue weighted by atomic mass is 16.2. The minimum absolute atomic E-state index is 0.0398. The number of nitrogens with one attached hydrogen (secondary N) is 4. The van der Waals surface area contributed by atoms with Crippen LogP contribution in [0.3, 0.4) is 0 Å². The van der Waals surface area contributed by atoms with Crippen LogP contribution < -0.4 is 20.9 Å². The van der Waals surface area contributed by atoms with Gasteiger partial charge in [0, 0.05) is 5.54 Å². The second-order valence-corrected chi connectivity index (χ2v) is 8.40. The largest absolute Gasteiger partial charge is 0.346 e. The topological polar surface area (TPSA) is 91.7 Å². The number of quaternary nitrogens is 1. The maximum Gasteiger partial charge on any atom is 0.322 e. The zero-order chi connectivity index (χ0) is 16.7. The first kappa shape index (κ1) is 15.9. The third-order valence-corrected chi connectivity index (χ3v) is 6.29. The first-order valence-electron chi connectivity index (χ1n) is 9.22. The second-order valence-electron chi connectivity index (χ2n) is 8.40. The summed E-state index contributed by atoms with van der Waals surface area (Å²) in [5.74, 6) is 1.92. The fraction of sp³-hybridized carbons (Fsp3) is 0.824. The van der Waals surface area contributed by atoms with Gasteiger partial charge in [-0.15, -0.1) is 0 Å².